The number of hydrogen-bond acceptors (Lipinski definition) is 5. The van der Waals surface area contributed by atoms with Gasteiger partial charge in [0, 0.05) is 11.6 Å². The summed E-state index contributed by atoms with van der Waals surface area (Å²) >= 11 is 7.33. The maximum atomic E-state index is 12.2. The molecule has 8 heteroatoms. The Balaban J connectivity index is 1.43. The SMILES string of the molecule is O=C(CSc1ncnc2c1cnn2-c1ccccc1)NCc1cccc(Cl)c1. The highest BCUT2D eigenvalue weighted by atomic mass is 35.5. The van der Waals surface area contributed by atoms with E-state index >= 15 is 0 Å². The average molecular weight is 410 g/mol. The van der Waals surface area contributed by atoms with Gasteiger partial charge in [-0.3, -0.25) is 4.79 Å². The van der Waals surface area contributed by atoms with E-state index in [2.05, 4.69) is 20.4 Å². The van der Waals surface area contributed by atoms with Gasteiger partial charge in [0.1, 0.15) is 11.4 Å². The van der Waals surface area contributed by atoms with Gasteiger partial charge in [0.2, 0.25) is 5.91 Å². The van der Waals surface area contributed by atoms with Crippen molar-refractivity contribution in [1.82, 2.24) is 25.1 Å². The Morgan fingerprint density at radius 1 is 1.11 bits per heavy atom. The Kier molecular flexibility index (Phi) is 5.55. The fourth-order valence-corrected chi connectivity index (χ4v) is 3.73. The van der Waals surface area contributed by atoms with Crippen LogP contribution in [0, 0.1) is 0 Å². The molecule has 0 atom stereocenters. The lowest BCUT2D eigenvalue weighted by molar-refractivity contribution is -0.118. The van der Waals surface area contributed by atoms with Crippen LogP contribution in [0.2, 0.25) is 5.02 Å². The van der Waals surface area contributed by atoms with E-state index in [0.717, 1.165) is 21.7 Å². The van der Waals surface area contributed by atoms with Crippen molar-refractivity contribution in [1.29, 1.82) is 0 Å². The number of halogens is 1. The molecule has 1 amide bonds. The Bertz CT molecular complexity index is 1120. The maximum Gasteiger partial charge on any atom is 0.230 e. The first-order valence-electron chi connectivity index (χ1n) is 8.59. The Hall–Kier alpha value is -2.90. The summed E-state index contributed by atoms with van der Waals surface area (Å²) < 4.78 is 1.76. The summed E-state index contributed by atoms with van der Waals surface area (Å²) in [6.45, 7) is 0.436. The number of thioether (sulfide) groups is 1. The molecule has 0 aliphatic carbocycles. The number of para-hydroxylation sites is 1. The molecular weight excluding hydrogens is 394 g/mol. The van der Waals surface area contributed by atoms with Crippen LogP contribution in [0.4, 0.5) is 0 Å². The monoisotopic (exact) mass is 409 g/mol. The van der Waals surface area contributed by atoms with Gasteiger partial charge in [-0.05, 0) is 29.8 Å². The summed E-state index contributed by atoms with van der Waals surface area (Å²) in [5, 5.41) is 9.52. The quantitative estimate of drug-likeness (QED) is 0.386. The summed E-state index contributed by atoms with van der Waals surface area (Å²) in [5.41, 5.74) is 2.59. The lowest BCUT2D eigenvalue weighted by atomic mass is 10.2. The van der Waals surface area contributed by atoms with E-state index in [9.17, 15) is 4.79 Å². The lowest BCUT2D eigenvalue weighted by Gasteiger charge is -2.06. The third kappa shape index (κ3) is 4.16. The summed E-state index contributed by atoms with van der Waals surface area (Å²) in [6, 6.07) is 17.2. The number of fused-ring (bicyclic) bond motifs is 1. The number of aromatic nitrogens is 4. The predicted octanol–water partition coefficient (Wildman–Crippen LogP) is 3.88. The minimum Gasteiger partial charge on any atom is -0.351 e. The molecule has 0 saturated heterocycles. The second-order valence-electron chi connectivity index (χ2n) is 6.00. The standard InChI is InChI=1S/C20H16ClN5OS/c21-15-6-4-5-14(9-15)10-22-18(27)12-28-20-17-11-25-26(19(17)23-13-24-20)16-7-2-1-3-8-16/h1-9,11,13H,10,12H2,(H,22,27). The van der Waals surface area contributed by atoms with Crippen LogP contribution in [0.3, 0.4) is 0 Å². The molecule has 0 saturated carbocycles. The zero-order chi connectivity index (χ0) is 19.3. The van der Waals surface area contributed by atoms with Crippen LogP contribution >= 0.6 is 23.4 Å². The predicted molar refractivity (Wildman–Crippen MR) is 111 cm³/mol. The smallest absolute Gasteiger partial charge is 0.230 e. The molecular formula is C20H16ClN5OS. The van der Waals surface area contributed by atoms with Crippen molar-refractivity contribution in [2.75, 3.05) is 5.75 Å². The number of carbonyl (C=O) groups excluding carboxylic acids is 1. The van der Waals surface area contributed by atoms with E-state index in [1.807, 2.05) is 48.5 Å². The third-order valence-electron chi connectivity index (χ3n) is 4.05. The number of nitrogens with zero attached hydrogens (tertiary/aromatic N) is 4. The number of amides is 1. The van der Waals surface area contributed by atoms with E-state index in [1.54, 1.807) is 16.9 Å². The lowest BCUT2D eigenvalue weighted by Crippen LogP contribution is -2.24. The highest BCUT2D eigenvalue weighted by Crippen LogP contribution is 2.25. The van der Waals surface area contributed by atoms with Crippen LogP contribution in [0.1, 0.15) is 5.56 Å². The van der Waals surface area contributed by atoms with Gasteiger partial charge in [-0.15, -0.1) is 0 Å². The molecule has 0 bridgehead atoms. The van der Waals surface area contributed by atoms with Gasteiger partial charge in [-0.1, -0.05) is 53.7 Å². The maximum absolute atomic E-state index is 12.2. The van der Waals surface area contributed by atoms with Crippen molar-refractivity contribution in [2.45, 2.75) is 11.6 Å². The highest BCUT2D eigenvalue weighted by molar-refractivity contribution is 8.00. The topological polar surface area (TPSA) is 72.7 Å². The van der Waals surface area contributed by atoms with Crippen LogP contribution < -0.4 is 5.32 Å². The minimum atomic E-state index is -0.0767. The Morgan fingerprint density at radius 2 is 1.96 bits per heavy atom. The van der Waals surface area contributed by atoms with E-state index in [1.165, 1.54) is 18.1 Å². The van der Waals surface area contributed by atoms with Gasteiger partial charge in [0.25, 0.3) is 0 Å². The van der Waals surface area contributed by atoms with Crippen molar-refractivity contribution >= 4 is 40.3 Å². The average Bonchev–Trinajstić information content (AvgIpc) is 3.16. The van der Waals surface area contributed by atoms with Crippen LogP contribution in [0.5, 0.6) is 0 Å². The molecule has 0 aliphatic heterocycles. The molecule has 6 nitrogen and oxygen atoms in total. The largest absolute Gasteiger partial charge is 0.351 e. The van der Waals surface area contributed by atoms with Gasteiger partial charge >= 0.3 is 0 Å². The van der Waals surface area contributed by atoms with Crippen molar-refractivity contribution < 1.29 is 4.79 Å². The molecule has 0 fully saturated rings. The molecule has 28 heavy (non-hydrogen) atoms. The van der Waals surface area contributed by atoms with Crippen LogP contribution in [-0.4, -0.2) is 31.4 Å². The number of carbonyl (C=O) groups is 1. The summed E-state index contributed by atoms with van der Waals surface area (Å²) in [4.78, 5) is 20.9. The first-order valence-corrected chi connectivity index (χ1v) is 9.95. The van der Waals surface area contributed by atoms with Gasteiger partial charge in [-0.25, -0.2) is 14.6 Å². The normalized spacial score (nSPS) is 10.9. The molecule has 0 aliphatic rings. The van der Waals surface area contributed by atoms with Crippen molar-refractivity contribution in [3.8, 4) is 5.69 Å². The van der Waals surface area contributed by atoms with Crippen LogP contribution in [-0.2, 0) is 11.3 Å². The van der Waals surface area contributed by atoms with Crippen molar-refractivity contribution in [2.24, 2.45) is 0 Å². The van der Waals surface area contributed by atoms with Crippen LogP contribution in [0.15, 0.2) is 72.1 Å². The first-order chi connectivity index (χ1) is 13.7. The molecule has 4 aromatic rings. The zero-order valence-corrected chi connectivity index (χ0v) is 16.3. The van der Waals surface area contributed by atoms with E-state index in [4.69, 9.17) is 11.6 Å². The Morgan fingerprint density at radius 3 is 2.79 bits per heavy atom. The molecule has 0 radical (unpaired) electrons. The molecule has 4 rings (SSSR count). The van der Waals surface area contributed by atoms with Crippen molar-refractivity contribution in [3.63, 3.8) is 0 Å². The molecule has 0 spiro atoms. The first kappa shape index (κ1) is 18.5. The van der Waals surface area contributed by atoms with Gasteiger partial charge in [0.15, 0.2) is 5.65 Å². The minimum absolute atomic E-state index is 0.0767. The third-order valence-corrected chi connectivity index (χ3v) is 5.29. The second kappa shape index (κ2) is 8.41. The van der Waals surface area contributed by atoms with Crippen LogP contribution in [0.25, 0.3) is 16.7 Å². The number of benzene rings is 2. The van der Waals surface area contributed by atoms with Crippen molar-refractivity contribution in [3.05, 3.63) is 77.7 Å². The summed E-state index contributed by atoms with van der Waals surface area (Å²) in [7, 11) is 0. The van der Waals surface area contributed by atoms with E-state index in [0.29, 0.717) is 17.2 Å². The van der Waals surface area contributed by atoms with E-state index in [-0.39, 0.29) is 11.7 Å². The fraction of sp³-hybridized carbons (Fsp3) is 0.100. The molecule has 1 N–H and O–H groups in total. The van der Waals surface area contributed by atoms with E-state index < -0.39 is 0 Å². The number of nitrogens with one attached hydrogen (secondary N) is 1. The highest BCUT2D eigenvalue weighted by Gasteiger charge is 2.13. The summed E-state index contributed by atoms with van der Waals surface area (Å²) in [6.07, 6.45) is 3.23. The Labute approximate surface area is 171 Å². The molecule has 2 heterocycles. The molecule has 2 aromatic carbocycles. The molecule has 140 valence electrons. The number of hydrogen-bond donors (Lipinski definition) is 1. The second-order valence-corrected chi connectivity index (χ2v) is 7.40. The molecule has 0 unspecified atom stereocenters. The fourth-order valence-electron chi connectivity index (χ4n) is 2.73. The molecule has 2 aromatic heterocycles. The zero-order valence-electron chi connectivity index (χ0n) is 14.7. The van der Waals surface area contributed by atoms with Gasteiger partial charge < -0.3 is 5.32 Å². The summed E-state index contributed by atoms with van der Waals surface area (Å²) in [5.74, 6) is 0.176. The van der Waals surface area contributed by atoms with Gasteiger partial charge in [-0.2, -0.15) is 5.10 Å². The van der Waals surface area contributed by atoms with Gasteiger partial charge in [0.05, 0.1) is 23.0 Å². The number of rotatable bonds is 6.